The third-order valence-corrected chi connectivity index (χ3v) is 2.63. The van der Waals surface area contributed by atoms with Crippen LogP contribution in [0, 0.1) is 0 Å². The van der Waals surface area contributed by atoms with Crippen LogP contribution >= 0.6 is 11.6 Å². The van der Waals surface area contributed by atoms with Crippen molar-refractivity contribution in [3.8, 4) is 0 Å². The lowest BCUT2D eigenvalue weighted by Gasteiger charge is -2.04. The van der Waals surface area contributed by atoms with Crippen LogP contribution in [0.5, 0.6) is 0 Å². The lowest BCUT2D eigenvalue weighted by molar-refractivity contribution is -0.109. The number of carbonyl (C=O) groups excluding carboxylic acids is 1. The number of amides is 1. The Morgan fingerprint density at radius 2 is 2.00 bits per heavy atom. The fourth-order valence-electron chi connectivity index (χ4n) is 0.983. The van der Waals surface area contributed by atoms with E-state index >= 15 is 0 Å². The summed E-state index contributed by atoms with van der Waals surface area (Å²) >= 11 is 5.84. The van der Waals surface area contributed by atoms with Gasteiger partial charge in [-0.15, -0.1) is 0 Å². The zero-order chi connectivity index (χ0) is 11.5. The Kier molecular flexibility index (Phi) is 3.77. The zero-order valence-electron chi connectivity index (χ0n) is 8.49. The minimum atomic E-state index is -2.19. The molecule has 1 amide bonds. The lowest BCUT2D eigenvalue weighted by atomic mass is 10.3. The Hall–Kier alpha value is -1.00. The summed E-state index contributed by atoms with van der Waals surface area (Å²) in [5.74, 6) is -0.405. The summed E-state index contributed by atoms with van der Waals surface area (Å²) in [4.78, 5) is 11.4. The molecule has 0 saturated heterocycles. The molecule has 0 aromatic heterocycles. The van der Waals surface area contributed by atoms with Crippen LogP contribution < -0.4 is 5.32 Å². The number of anilines is 1. The maximum atomic E-state index is 11.4. The first-order chi connectivity index (χ1) is 6.88. The van der Waals surface area contributed by atoms with Gasteiger partial charge in [0.1, 0.15) is 0 Å². The van der Waals surface area contributed by atoms with Gasteiger partial charge in [-0.05, 0) is 21.7 Å². The summed E-state index contributed by atoms with van der Waals surface area (Å²) in [6.07, 6.45) is 3.00. The Morgan fingerprint density at radius 1 is 1.40 bits per heavy atom. The number of carbonyl (C=O) groups is 1. The van der Waals surface area contributed by atoms with Gasteiger partial charge in [-0.2, -0.15) is 0 Å². The average Bonchev–Trinajstić information content (AvgIpc) is 2.05. The highest BCUT2D eigenvalue weighted by Crippen LogP contribution is 2.19. The van der Waals surface area contributed by atoms with E-state index in [9.17, 15) is 9.00 Å². The quantitative estimate of drug-likeness (QED) is 0.805. The lowest BCUT2D eigenvalue weighted by Crippen LogP contribution is -2.17. The summed E-state index contributed by atoms with van der Waals surface area (Å²) in [5.41, 5.74) is 0.518. The van der Waals surface area contributed by atoms with Gasteiger partial charge in [0, 0.05) is 12.5 Å². The van der Waals surface area contributed by atoms with Gasteiger partial charge >= 0.3 is 0 Å². The molecular formula is C10H12ClNO2S. The second kappa shape index (κ2) is 4.68. The number of benzene rings is 1. The number of nitrogens with one attached hydrogen (secondary N) is 1. The molecule has 0 unspecified atom stereocenters. The fraction of sp³-hybridized carbons (Fsp3) is 0.200. The van der Waals surface area contributed by atoms with Crippen molar-refractivity contribution < 1.29 is 9.00 Å². The van der Waals surface area contributed by atoms with Crippen LogP contribution in [0.3, 0.4) is 0 Å². The molecule has 1 aromatic carbocycles. The van der Waals surface area contributed by atoms with Crippen LogP contribution in [-0.2, 0) is 14.3 Å². The number of hydrogen-bond acceptors (Lipinski definition) is 2. The van der Waals surface area contributed by atoms with E-state index in [1.807, 2.05) is 0 Å². The van der Waals surface area contributed by atoms with Crippen LogP contribution in [0.25, 0.3) is 0 Å². The molecule has 1 N–H and O–H groups in total. The minimum Gasteiger partial charge on any atom is -0.321 e. The van der Waals surface area contributed by atoms with Gasteiger partial charge in [0.25, 0.3) is 5.91 Å². The van der Waals surface area contributed by atoms with Crippen molar-refractivity contribution in [3.05, 3.63) is 29.3 Å². The Bertz CT molecular complexity index is 482. The summed E-state index contributed by atoms with van der Waals surface area (Å²) < 4.78 is 11.3. The molecule has 0 saturated carbocycles. The molecule has 82 valence electrons. The third-order valence-electron chi connectivity index (χ3n) is 1.52. The van der Waals surface area contributed by atoms with Crippen molar-refractivity contribution in [1.82, 2.24) is 0 Å². The normalized spacial score (nSPS) is 10.9. The molecule has 0 aliphatic heterocycles. The Labute approximate surface area is 94.5 Å². The molecule has 0 aliphatic carbocycles. The molecule has 1 rings (SSSR count). The molecule has 5 heteroatoms. The molecule has 3 nitrogen and oxygen atoms in total. The van der Waals surface area contributed by atoms with Crippen molar-refractivity contribution in [2.24, 2.45) is 0 Å². The topological polar surface area (TPSA) is 46.2 Å². The first kappa shape index (κ1) is 12.1. The maximum absolute atomic E-state index is 11.4. The van der Waals surface area contributed by atoms with Gasteiger partial charge in [-0.3, -0.25) is 9.00 Å². The standard InChI is InChI=1S/C10H12ClNO2S/c1-15(2,14)7-10(13)12-9-6-4-3-5-8(9)11/h3-7H,1-2H3,(H,12,13). The van der Waals surface area contributed by atoms with Gasteiger partial charge in [-0.25, -0.2) is 0 Å². The Morgan fingerprint density at radius 3 is 2.53 bits per heavy atom. The molecule has 0 radical (unpaired) electrons. The number of para-hydroxylation sites is 1. The zero-order valence-corrected chi connectivity index (χ0v) is 10.1. The summed E-state index contributed by atoms with van der Waals surface area (Å²) in [6.45, 7) is 0. The van der Waals surface area contributed by atoms with Crippen LogP contribution in [-0.4, -0.2) is 28.0 Å². The molecule has 0 fully saturated rings. The highest BCUT2D eigenvalue weighted by Gasteiger charge is 2.03. The van der Waals surface area contributed by atoms with Gasteiger partial charge in [0.2, 0.25) is 0 Å². The van der Waals surface area contributed by atoms with Crippen molar-refractivity contribution in [1.29, 1.82) is 0 Å². The summed E-state index contributed by atoms with van der Waals surface area (Å²) in [5, 5.41) is 4.18. The highest BCUT2D eigenvalue weighted by molar-refractivity contribution is 8.01. The monoisotopic (exact) mass is 245 g/mol. The second-order valence-corrected chi connectivity index (χ2v) is 6.66. The van der Waals surface area contributed by atoms with Crippen LogP contribution in [0.4, 0.5) is 5.69 Å². The molecule has 0 spiro atoms. The van der Waals surface area contributed by atoms with Gasteiger partial charge in [-0.1, -0.05) is 23.7 Å². The molecule has 1 aromatic rings. The van der Waals surface area contributed by atoms with E-state index in [0.29, 0.717) is 10.7 Å². The van der Waals surface area contributed by atoms with Gasteiger partial charge < -0.3 is 5.32 Å². The van der Waals surface area contributed by atoms with E-state index in [1.165, 1.54) is 12.5 Å². The van der Waals surface area contributed by atoms with Crippen LogP contribution in [0.2, 0.25) is 5.02 Å². The predicted octanol–water partition coefficient (Wildman–Crippen LogP) is 1.62. The predicted molar refractivity (Wildman–Crippen MR) is 66.1 cm³/mol. The van der Waals surface area contributed by atoms with E-state index in [4.69, 9.17) is 11.6 Å². The highest BCUT2D eigenvalue weighted by atomic mass is 35.5. The average molecular weight is 246 g/mol. The molecular weight excluding hydrogens is 234 g/mol. The second-order valence-electron chi connectivity index (χ2n) is 3.40. The van der Waals surface area contributed by atoms with Crippen LogP contribution in [0.1, 0.15) is 0 Å². The van der Waals surface area contributed by atoms with Gasteiger partial charge in [0.05, 0.1) is 16.1 Å². The SMILES string of the molecule is CS(C)(=O)=CC(=O)Nc1ccccc1Cl. The van der Waals surface area contributed by atoms with Crippen molar-refractivity contribution >= 4 is 38.1 Å². The summed E-state index contributed by atoms with van der Waals surface area (Å²) in [6, 6.07) is 6.88. The van der Waals surface area contributed by atoms with Crippen molar-refractivity contribution in [2.75, 3.05) is 17.8 Å². The molecule has 0 heterocycles. The third kappa shape index (κ3) is 4.36. The van der Waals surface area contributed by atoms with E-state index in [1.54, 1.807) is 24.3 Å². The molecule has 0 bridgehead atoms. The van der Waals surface area contributed by atoms with E-state index < -0.39 is 15.4 Å². The first-order valence-electron chi connectivity index (χ1n) is 4.23. The molecule has 0 atom stereocenters. The molecule has 0 aliphatic rings. The number of rotatable bonds is 2. The van der Waals surface area contributed by atoms with Crippen LogP contribution in [0.15, 0.2) is 24.3 Å². The first-order valence-corrected chi connectivity index (χ1v) is 7.04. The van der Waals surface area contributed by atoms with E-state index in [0.717, 1.165) is 5.37 Å². The Balaban J connectivity index is 2.86. The number of hydrogen-bond donors (Lipinski definition) is 1. The number of halogens is 1. The maximum Gasteiger partial charge on any atom is 0.256 e. The smallest absolute Gasteiger partial charge is 0.256 e. The molecule has 15 heavy (non-hydrogen) atoms. The summed E-state index contributed by atoms with van der Waals surface area (Å²) in [7, 11) is -2.19. The van der Waals surface area contributed by atoms with E-state index in [2.05, 4.69) is 5.32 Å². The largest absolute Gasteiger partial charge is 0.321 e. The van der Waals surface area contributed by atoms with Crippen molar-refractivity contribution in [3.63, 3.8) is 0 Å². The van der Waals surface area contributed by atoms with Gasteiger partial charge in [0.15, 0.2) is 0 Å². The van der Waals surface area contributed by atoms with E-state index in [-0.39, 0.29) is 0 Å². The van der Waals surface area contributed by atoms with Crippen molar-refractivity contribution in [2.45, 2.75) is 0 Å². The minimum absolute atomic E-state index is 0.405. The fourth-order valence-corrected chi connectivity index (χ4v) is 1.74.